The van der Waals surface area contributed by atoms with Gasteiger partial charge in [0, 0.05) is 25.2 Å². The number of rotatable bonds is 5. The summed E-state index contributed by atoms with van der Waals surface area (Å²) < 4.78 is 37.7. The lowest BCUT2D eigenvalue weighted by Gasteiger charge is -2.16. The second kappa shape index (κ2) is 6.59. The number of carbonyl (C=O) groups excluding carboxylic acids is 2. The van der Waals surface area contributed by atoms with Crippen LogP contribution in [0.2, 0.25) is 0 Å². The Morgan fingerprint density at radius 1 is 1.52 bits per heavy atom. The van der Waals surface area contributed by atoms with Crippen molar-refractivity contribution in [2.75, 3.05) is 11.4 Å². The van der Waals surface area contributed by atoms with Crippen LogP contribution in [0.3, 0.4) is 0 Å². The van der Waals surface area contributed by atoms with Crippen LogP contribution in [-0.2, 0) is 16.1 Å². The van der Waals surface area contributed by atoms with Gasteiger partial charge in [-0.1, -0.05) is 6.92 Å². The zero-order valence-electron chi connectivity index (χ0n) is 12.9. The highest BCUT2D eigenvalue weighted by Crippen LogP contribution is 2.26. The molecule has 1 saturated heterocycles. The van der Waals surface area contributed by atoms with Gasteiger partial charge in [-0.25, -0.2) is 0 Å². The van der Waals surface area contributed by atoms with Crippen LogP contribution in [0, 0.1) is 5.92 Å². The minimum atomic E-state index is -4.38. The van der Waals surface area contributed by atoms with Gasteiger partial charge in [0.2, 0.25) is 11.8 Å². The molecule has 0 saturated carbocycles. The van der Waals surface area contributed by atoms with Gasteiger partial charge in [0.1, 0.15) is 6.54 Å². The van der Waals surface area contributed by atoms with E-state index in [4.69, 9.17) is 0 Å². The van der Waals surface area contributed by atoms with Crippen LogP contribution in [0.4, 0.5) is 18.9 Å². The number of halogens is 3. The van der Waals surface area contributed by atoms with Crippen molar-refractivity contribution in [2.45, 2.75) is 45.5 Å². The Labute approximate surface area is 131 Å². The average molecular weight is 332 g/mol. The summed E-state index contributed by atoms with van der Waals surface area (Å²) in [5, 5.41) is 6.43. The summed E-state index contributed by atoms with van der Waals surface area (Å²) in [5.74, 6) is -0.999. The van der Waals surface area contributed by atoms with Crippen molar-refractivity contribution in [3.8, 4) is 0 Å². The van der Waals surface area contributed by atoms with Gasteiger partial charge >= 0.3 is 6.18 Å². The molecule has 128 valence electrons. The topological polar surface area (TPSA) is 67.2 Å². The molecule has 2 heterocycles. The third-order valence-corrected chi connectivity index (χ3v) is 3.77. The Morgan fingerprint density at radius 3 is 2.83 bits per heavy atom. The van der Waals surface area contributed by atoms with E-state index < -0.39 is 18.6 Å². The predicted octanol–water partition coefficient (Wildman–Crippen LogP) is 1.71. The fourth-order valence-corrected chi connectivity index (χ4v) is 2.36. The number of amides is 2. The molecule has 0 spiro atoms. The van der Waals surface area contributed by atoms with Crippen molar-refractivity contribution in [1.82, 2.24) is 15.1 Å². The van der Waals surface area contributed by atoms with E-state index in [1.165, 1.54) is 17.3 Å². The monoisotopic (exact) mass is 332 g/mol. The van der Waals surface area contributed by atoms with Crippen molar-refractivity contribution in [1.29, 1.82) is 0 Å². The van der Waals surface area contributed by atoms with E-state index in [1.54, 1.807) is 0 Å². The maximum absolute atomic E-state index is 12.3. The van der Waals surface area contributed by atoms with Crippen LogP contribution in [0.25, 0.3) is 0 Å². The van der Waals surface area contributed by atoms with E-state index in [9.17, 15) is 22.8 Å². The molecule has 2 unspecified atom stereocenters. The Balaban J connectivity index is 2.02. The van der Waals surface area contributed by atoms with Crippen LogP contribution in [0.1, 0.15) is 26.7 Å². The molecule has 2 atom stereocenters. The van der Waals surface area contributed by atoms with Crippen LogP contribution >= 0.6 is 0 Å². The van der Waals surface area contributed by atoms with Gasteiger partial charge in [-0.05, 0) is 13.3 Å². The third kappa shape index (κ3) is 4.46. The van der Waals surface area contributed by atoms with Crippen molar-refractivity contribution in [3.63, 3.8) is 0 Å². The molecule has 6 nitrogen and oxygen atoms in total. The number of hydrogen-bond donors (Lipinski definition) is 1. The summed E-state index contributed by atoms with van der Waals surface area (Å²) in [4.78, 5) is 25.4. The number of nitrogens with one attached hydrogen (secondary N) is 1. The van der Waals surface area contributed by atoms with E-state index in [1.807, 2.05) is 13.8 Å². The predicted molar refractivity (Wildman–Crippen MR) is 76.6 cm³/mol. The summed E-state index contributed by atoms with van der Waals surface area (Å²) in [6.07, 6.45) is -1.18. The zero-order valence-corrected chi connectivity index (χ0v) is 12.9. The average Bonchev–Trinajstić information content (AvgIpc) is 3.03. The SMILES string of the molecule is CCC(C)NC(=O)C1CC(=O)N(c2cnn(CC(F)(F)F)c2)C1. The lowest BCUT2D eigenvalue weighted by Crippen LogP contribution is -2.38. The normalized spacial score (nSPS) is 20.0. The smallest absolute Gasteiger partial charge is 0.353 e. The van der Waals surface area contributed by atoms with Crippen molar-refractivity contribution in [3.05, 3.63) is 12.4 Å². The fraction of sp³-hybridized carbons (Fsp3) is 0.643. The molecule has 2 rings (SSSR count). The third-order valence-electron chi connectivity index (χ3n) is 3.77. The lowest BCUT2D eigenvalue weighted by atomic mass is 10.1. The molecule has 1 aromatic rings. The van der Waals surface area contributed by atoms with E-state index in [-0.39, 0.29) is 36.5 Å². The zero-order chi connectivity index (χ0) is 17.2. The van der Waals surface area contributed by atoms with Crippen LogP contribution in [0.5, 0.6) is 0 Å². The summed E-state index contributed by atoms with van der Waals surface area (Å²) in [7, 11) is 0. The Morgan fingerprint density at radius 2 is 2.22 bits per heavy atom. The number of hydrogen-bond acceptors (Lipinski definition) is 3. The van der Waals surface area contributed by atoms with Crippen molar-refractivity contribution >= 4 is 17.5 Å². The minimum absolute atomic E-state index is 0.0150. The summed E-state index contributed by atoms with van der Waals surface area (Å²) in [6.45, 7) is 2.74. The summed E-state index contributed by atoms with van der Waals surface area (Å²) in [6, 6.07) is 0.0150. The Hall–Kier alpha value is -2.06. The molecular formula is C14H19F3N4O2. The van der Waals surface area contributed by atoms with Crippen LogP contribution in [0.15, 0.2) is 12.4 Å². The second-order valence-electron chi connectivity index (χ2n) is 5.73. The largest absolute Gasteiger partial charge is 0.408 e. The number of anilines is 1. The highest BCUT2D eigenvalue weighted by Gasteiger charge is 2.36. The first-order valence-electron chi connectivity index (χ1n) is 7.39. The molecule has 1 aliphatic rings. The molecule has 0 radical (unpaired) electrons. The first kappa shape index (κ1) is 17.3. The fourth-order valence-electron chi connectivity index (χ4n) is 2.36. The van der Waals surface area contributed by atoms with Crippen molar-refractivity contribution in [2.24, 2.45) is 5.92 Å². The summed E-state index contributed by atoms with van der Waals surface area (Å²) >= 11 is 0. The molecule has 1 aromatic heterocycles. The maximum atomic E-state index is 12.3. The van der Waals surface area contributed by atoms with Crippen LogP contribution < -0.4 is 10.2 Å². The molecular weight excluding hydrogens is 313 g/mol. The molecule has 23 heavy (non-hydrogen) atoms. The number of aromatic nitrogens is 2. The molecule has 0 aromatic carbocycles. The molecule has 2 amide bonds. The standard InChI is InChI=1S/C14H19F3N4O2/c1-3-9(2)19-13(23)10-4-12(22)21(6-10)11-5-18-20(7-11)8-14(15,16)17/h5,7,9-10H,3-4,6,8H2,1-2H3,(H,19,23). The van der Waals surface area contributed by atoms with E-state index in [2.05, 4.69) is 10.4 Å². The number of carbonyl (C=O) groups is 2. The molecule has 1 aliphatic heterocycles. The Kier molecular flexibility index (Phi) is 4.96. The molecule has 0 aliphatic carbocycles. The van der Waals surface area contributed by atoms with Gasteiger partial charge in [-0.3, -0.25) is 14.3 Å². The molecule has 1 N–H and O–H groups in total. The number of alkyl halides is 3. The van der Waals surface area contributed by atoms with E-state index in [0.717, 1.165) is 11.1 Å². The van der Waals surface area contributed by atoms with Gasteiger partial charge in [0.25, 0.3) is 0 Å². The van der Waals surface area contributed by atoms with Crippen molar-refractivity contribution < 1.29 is 22.8 Å². The quantitative estimate of drug-likeness (QED) is 0.893. The van der Waals surface area contributed by atoms with Gasteiger partial charge < -0.3 is 10.2 Å². The molecule has 0 bridgehead atoms. The lowest BCUT2D eigenvalue weighted by molar-refractivity contribution is -0.142. The molecule has 1 fully saturated rings. The maximum Gasteiger partial charge on any atom is 0.408 e. The van der Waals surface area contributed by atoms with E-state index >= 15 is 0 Å². The Bertz CT molecular complexity index is 585. The van der Waals surface area contributed by atoms with Gasteiger partial charge in [-0.2, -0.15) is 18.3 Å². The van der Waals surface area contributed by atoms with Gasteiger partial charge in [0.15, 0.2) is 0 Å². The van der Waals surface area contributed by atoms with Gasteiger partial charge in [0.05, 0.1) is 17.8 Å². The first-order valence-corrected chi connectivity index (χ1v) is 7.39. The molecule has 9 heteroatoms. The second-order valence-corrected chi connectivity index (χ2v) is 5.73. The highest BCUT2D eigenvalue weighted by atomic mass is 19.4. The highest BCUT2D eigenvalue weighted by molar-refractivity contribution is 6.00. The minimum Gasteiger partial charge on any atom is -0.353 e. The number of nitrogens with zero attached hydrogens (tertiary/aromatic N) is 3. The van der Waals surface area contributed by atoms with E-state index in [0.29, 0.717) is 0 Å². The summed E-state index contributed by atoms with van der Waals surface area (Å²) in [5.41, 5.74) is 0.276. The van der Waals surface area contributed by atoms with Crippen LogP contribution in [-0.4, -0.2) is 40.4 Å². The first-order chi connectivity index (χ1) is 10.7. The van der Waals surface area contributed by atoms with Gasteiger partial charge in [-0.15, -0.1) is 0 Å².